The number of pyridine rings is 1. The van der Waals surface area contributed by atoms with Crippen LogP contribution in [-0.4, -0.2) is 35.3 Å². The number of sulfonamides is 1. The van der Waals surface area contributed by atoms with Crippen LogP contribution in [0.4, 0.5) is 11.5 Å². The van der Waals surface area contributed by atoms with Crippen molar-refractivity contribution in [3.8, 4) is 6.07 Å². The van der Waals surface area contributed by atoms with Gasteiger partial charge in [0.15, 0.2) is 11.0 Å². The van der Waals surface area contributed by atoms with Gasteiger partial charge in [-0.25, -0.2) is 13.4 Å². The van der Waals surface area contributed by atoms with Crippen molar-refractivity contribution in [3.05, 3.63) is 64.4 Å². The number of nitrogens with one attached hydrogen (secondary N) is 2. The molecule has 0 radical (unpaired) electrons. The van der Waals surface area contributed by atoms with Crippen LogP contribution in [0.15, 0.2) is 52.4 Å². The topological polar surface area (TPSA) is 138 Å². The zero-order valence-electron chi connectivity index (χ0n) is 21.9. The smallest absolute Gasteiger partial charge is 0.263 e. The van der Waals surface area contributed by atoms with E-state index in [9.17, 15) is 18.5 Å². The van der Waals surface area contributed by atoms with Gasteiger partial charge in [-0.2, -0.15) is 5.26 Å². The predicted octanol–water partition coefficient (Wildman–Crippen LogP) is 5.47. The standard InChI is InChI=1S/C27H29ClN6O3S2/c1-27(2,3)19-4-9-22-17(15-19)14-18(16-29)26(31-22)38-13-12-25(35)30-20-5-7-21(8-6-20)39(36,37)34-24-11-10-23(28)32-33-24/h5-8,10-11,14,19H,4,9,12-13,15H2,1-3H3,(H,30,35)(H,33,34). The van der Waals surface area contributed by atoms with Crippen LogP contribution in [0.5, 0.6) is 0 Å². The summed E-state index contributed by atoms with van der Waals surface area (Å²) in [5, 5.41) is 20.5. The highest BCUT2D eigenvalue weighted by Crippen LogP contribution is 2.38. The van der Waals surface area contributed by atoms with Gasteiger partial charge in [0.1, 0.15) is 11.1 Å². The highest BCUT2D eigenvalue weighted by atomic mass is 35.5. The first-order valence-electron chi connectivity index (χ1n) is 12.4. The molecule has 2 aromatic heterocycles. The first-order chi connectivity index (χ1) is 18.4. The molecule has 2 N–H and O–H groups in total. The Morgan fingerprint density at radius 3 is 2.56 bits per heavy atom. The summed E-state index contributed by atoms with van der Waals surface area (Å²) in [6.45, 7) is 6.76. The number of carbonyl (C=O) groups excluding carboxylic acids is 1. The van der Waals surface area contributed by atoms with Crippen LogP contribution in [-0.2, 0) is 27.7 Å². The van der Waals surface area contributed by atoms with Gasteiger partial charge in [-0.05, 0) is 78.6 Å². The maximum Gasteiger partial charge on any atom is 0.263 e. The van der Waals surface area contributed by atoms with Crippen LogP contribution < -0.4 is 10.0 Å². The van der Waals surface area contributed by atoms with Crippen LogP contribution in [0.3, 0.4) is 0 Å². The van der Waals surface area contributed by atoms with Gasteiger partial charge in [-0.15, -0.1) is 22.0 Å². The van der Waals surface area contributed by atoms with E-state index in [0.717, 1.165) is 30.5 Å². The number of hydrogen-bond donors (Lipinski definition) is 2. The average molecular weight is 585 g/mol. The van der Waals surface area contributed by atoms with Crippen LogP contribution in [0, 0.1) is 22.7 Å². The minimum atomic E-state index is -3.89. The first-order valence-corrected chi connectivity index (χ1v) is 15.3. The number of nitriles is 1. The van der Waals surface area contributed by atoms with Crippen molar-refractivity contribution in [2.45, 2.75) is 56.4 Å². The predicted molar refractivity (Wildman–Crippen MR) is 152 cm³/mol. The molecule has 4 rings (SSSR count). The van der Waals surface area contributed by atoms with E-state index < -0.39 is 10.0 Å². The number of carbonyl (C=O) groups is 1. The number of aryl methyl sites for hydroxylation is 1. The van der Waals surface area contributed by atoms with Crippen LogP contribution >= 0.6 is 23.4 Å². The van der Waals surface area contributed by atoms with Gasteiger partial charge in [0.25, 0.3) is 10.0 Å². The van der Waals surface area contributed by atoms with Crippen molar-refractivity contribution >= 4 is 50.8 Å². The molecule has 1 unspecified atom stereocenters. The fraction of sp³-hybridized carbons (Fsp3) is 0.370. The van der Waals surface area contributed by atoms with Crippen LogP contribution in [0.2, 0.25) is 5.15 Å². The molecule has 0 spiro atoms. The number of rotatable bonds is 8. The number of aromatic nitrogens is 3. The Hall–Kier alpha value is -3.20. The second kappa shape index (κ2) is 11.9. The monoisotopic (exact) mass is 584 g/mol. The molecule has 9 nitrogen and oxygen atoms in total. The lowest BCUT2D eigenvalue weighted by atomic mass is 9.71. The van der Waals surface area contributed by atoms with Gasteiger partial charge in [0, 0.05) is 23.6 Å². The summed E-state index contributed by atoms with van der Waals surface area (Å²) in [5.74, 6) is 0.826. The maximum absolute atomic E-state index is 12.6. The quantitative estimate of drug-likeness (QED) is 0.332. The Morgan fingerprint density at radius 2 is 1.92 bits per heavy atom. The van der Waals surface area contributed by atoms with Crippen molar-refractivity contribution in [1.82, 2.24) is 15.2 Å². The Labute approximate surface area is 237 Å². The van der Waals surface area contributed by atoms with Crippen LogP contribution in [0.25, 0.3) is 0 Å². The second-order valence-electron chi connectivity index (χ2n) is 10.4. The minimum absolute atomic E-state index is 0.00384. The zero-order valence-corrected chi connectivity index (χ0v) is 24.3. The fourth-order valence-corrected chi connectivity index (χ4v) is 6.34. The number of benzene rings is 1. The molecule has 204 valence electrons. The lowest BCUT2D eigenvalue weighted by molar-refractivity contribution is -0.115. The Kier molecular flexibility index (Phi) is 8.79. The molecule has 0 fully saturated rings. The number of halogens is 1. The first kappa shape index (κ1) is 28.8. The van der Waals surface area contributed by atoms with Crippen molar-refractivity contribution in [3.63, 3.8) is 0 Å². The number of hydrogen-bond acceptors (Lipinski definition) is 8. The lowest BCUT2D eigenvalue weighted by Gasteiger charge is -2.34. The summed E-state index contributed by atoms with van der Waals surface area (Å²) in [7, 11) is -3.89. The summed E-state index contributed by atoms with van der Waals surface area (Å²) in [5.41, 5.74) is 3.43. The summed E-state index contributed by atoms with van der Waals surface area (Å²) in [6, 6.07) is 12.8. The third-order valence-electron chi connectivity index (χ3n) is 6.58. The summed E-state index contributed by atoms with van der Waals surface area (Å²) in [4.78, 5) is 17.3. The van der Waals surface area contributed by atoms with Gasteiger partial charge < -0.3 is 5.32 Å². The number of anilines is 2. The van der Waals surface area contributed by atoms with Crippen molar-refractivity contribution in [1.29, 1.82) is 5.26 Å². The lowest BCUT2D eigenvalue weighted by Crippen LogP contribution is -2.27. The van der Waals surface area contributed by atoms with E-state index in [1.165, 1.54) is 48.2 Å². The molecule has 1 amide bonds. The molecule has 1 aromatic carbocycles. The van der Waals surface area contributed by atoms with Gasteiger partial charge in [0.05, 0.1) is 10.5 Å². The third-order valence-corrected chi connectivity index (χ3v) is 9.15. The molecular formula is C27H29ClN6O3S2. The molecule has 1 aliphatic carbocycles. The molecule has 2 heterocycles. The summed E-state index contributed by atoms with van der Waals surface area (Å²) < 4.78 is 27.5. The number of amides is 1. The molecular weight excluding hydrogens is 556 g/mol. The van der Waals surface area contributed by atoms with E-state index in [2.05, 4.69) is 47.1 Å². The Balaban J connectivity index is 1.31. The molecule has 1 aliphatic rings. The van der Waals surface area contributed by atoms with E-state index in [1.807, 2.05) is 6.07 Å². The molecule has 0 aliphatic heterocycles. The third kappa shape index (κ3) is 7.47. The molecule has 1 atom stereocenters. The van der Waals surface area contributed by atoms with Crippen molar-refractivity contribution < 1.29 is 13.2 Å². The Bertz CT molecular complexity index is 1500. The molecule has 0 bridgehead atoms. The number of nitrogens with zero attached hydrogens (tertiary/aromatic N) is 4. The minimum Gasteiger partial charge on any atom is -0.326 e. The van der Waals surface area contributed by atoms with E-state index >= 15 is 0 Å². The van der Waals surface area contributed by atoms with Gasteiger partial charge in [-0.3, -0.25) is 9.52 Å². The maximum atomic E-state index is 12.6. The second-order valence-corrected chi connectivity index (χ2v) is 13.5. The van der Waals surface area contributed by atoms with Gasteiger partial charge >= 0.3 is 0 Å². The molecule has 3 aromatic rings. The van der Waals surface area contributed by atoms with E-state index in [0.29, 0.717) is 27.9 Å². The highest BCUT2D eigenvalue weighted by Gasteiger charge is 2.30. The van der Waals surface area contributed by atoms with Gasteiger partial charge in [0.2, 0.25) is 5.91 Å². The number of fused-ring (bicyclic) bond motifs is 1. The zero-order chi connectivity index (χ0) is 28.2. The fourth-order valence-electron chi connectivity index (χ4n) is 4.32. The van der Waals surface area contributed by atoms with E-state index in [-0.39, 0.29) is 33.6 Å². The summed E-state index contributed by atoms with van der Waals surface area (Å²) in [6.07, 6.45) is 3.11. The van der Waals surface area contributed by atoms with Crippen molar-refractivity contribution in [2.24, 2.45) is 11.3 Å². The van der Waals surface area contributed by atoms with Crippen LogP contribution in [0.1, 0.15) is 50.4 Å². The average Bonchev–Trinajstić information content (AvgIpc) is 2.89. The SMILES string of the molecule is CC(C)(C)C1CCc2nc(SCCC(=O)Nc3ccc(S(=O)(=O)Nc4ccc(Cl)nn4)cc3)c(C#N)cc2C1. The molecule has 0 saturated heterocycles. The normalized spacial score (nSPS) is 15.2. The summed E-state index contributed by atoms with van der Waals surface area (Å²) >= 11 is 7.07. The molecule has 12 heteroatoms. The number of thioether (sulfide) groups is 1. The van der Waals surface area contributed by atoms with Gasteiger partial charge in [-0.1, -0.05) is 32.4 Å². The van der Waals surface area contributed by atoms with Crippen molar-refractivity contribution in [2.75, 3.05) is 15.8 Å². The van der Waals surface area contributed by atoms with E-state index in [1.54, 1.807) is 0 Å². The largest absolute Gasteiger partial charge is 0.326 e. The van der Waals surface area contributed by atoms with E-state index in [4.69, 9.17) is 16.6 Å². The molecule has 0 saturated carbocycles. The highest BCUT2D eigenvalue weighted by molar-refractivity contribution is 7.99. The Morgan fingerprint density at radius 1 is 1.18 bits per heavy atom. The molecule has 39 heavy (non-hydrogen) atoms.